The molecule has 0 saturated heterocycles. The average molecular weight is 318 g/mol. The normalized spacial score (nSPS) is 11.4. The summed E-state index contributed by atoms with van der Waals surface area (Å²) in [7, 11) is 0.805. The van der Waals surface area contributed by atoms with Gasteiger partial charge in [0, 0.05) is 10.7 Å². The number of hydrogen-bond acceptors (Lipinski definition) is 3. The summed E-state index contributed by atoms with van der Waals surface area (Å²) in [5.41, 5.74) is -0.491. The molecule has 0 atom stereocenters. The molecule has 8 heteroatoms. The first-order chi connectivity index (χ1) is 6.73. The van der Waals surface area contributed by atoms with Crippen molar-refractivity contribution in [2.45, 2.75) is 4.90 Å². The largest absolute Gasteiger partial charge is 0.478 e. The summed E-state index contributed by atoms with van der Waals surface area (Å²) >= 11 is 2.67. The molecule has 15 heavy (non-hydrogen) atoms. The lowest BCUT2D eigenvalue weighted by molar-refractivity contribution is 0.0696. The molecule has 0 saturated carbocycles. The Morgan fingerprint density at radius 3 is 2.40 bits per heavy atom. The van der Waals surface area contributed by atoms with Crippen molar-refractivity contribution in [1.82, 2.24) is 0 Å². The van der Waals surface area contributed by atoms with Gasteiger partial charge in [0.05, 0.1) is 10.0 Å². The zero-order chi connectivity index (χ0) is 11.8. The average Bonchev–Trinajstić information content (AvgIpc) is 2.06. The Bertz CT molecular complexity index is 528. The third-order valence-corrected chi connectivity index (χ3v) is 3.92. The minimum Gasteiger partial charge on any atom is -0.478 e. The van der Waals surface area contributed by atoms with Crippen molar-refractivity contribution >= 4 is 41.6 Å². The summed E-state index contributed by atoms with van der Waals surface area (Å²) in [6.07, 6.45) is 0. The number of carbonyl (C=O) groups is 1. The standard InChI is InChI=1S/C7H3BrClFO4S/c8-6-4(10)1-3(7(11)12)2-5(6)15(9,13)14/h1-2H,(H,11,12). The summed E-state index contributed by atoms with van der Waals surface area (Å²) in [4.78, 5) is 9.91. The molecule has 0 unspecified atom stereocenters. The van der Waals surface area contributed by atoms with E-state index in [0.29, 0.717) is 6.07 Å². The van der Waals surface area contributed by atoms with Crippen LogP contribution in [0.15, 0.2) is 21.5 Å². The van der Waals surface area contributed by atoms with E-state index in [4.69, 9.17) is 15.8 Å². The van der Waals surface area contributed by atoms with Gasteiger partial charge in [0.15, 0.2) is 0 Å². The predicted molar refractivity (Wildman–Crippen MR) is 54.1 cm³/mol. The molecule has 1 aromatic rings. The third kappa shape index (κ3) is 2.67. The molecule has 0 radical (unpaired) electrons. The molecule has 0 aromatic heterocycles. The predicted octanol–water partition coefficient (Wildman–Crippen LogP) is 2.21. The zero-order valence-electron chi connectivity index (χ0n) is 6.87. The van der Waals surface area contributed by atoms with Crippen LogP contribution in [0.1, 0.15) is 10.4 Å². The lowest BCUT2D eigenvalue weighted by Crippen LogP contribution is -2.02. The van der Waals surface area contributed by atoms with Crippen LogP contribution in [0.2, 0.25) is 0 Å². The van der Waals surface area contributed by atoms with Gasteiger partial charge >= 0.3 is 5.97 Å². The van der Waals surface area contributed by atoms with Crippen molar-refractivity contribution in [2.75, 3.05) is 0 Å². The minimum absolute atomic E-state index is 0.387. The van der Waals surface area contributed by atoms with Crippen molar-refractivity contribution in [1.29, 1.82) is 0 Å². The summed E-state index contributed by atoms with van der Waals surface area (Å²) in [6.45, 7) is 0. The zero-order valence-corrected chi connectivity index (χ0v) is 10.0. The maximum atomic E-state index is 13.1. The first-order valence-corrected chi connectivity index (χ1v) is 6.50. The molecule has 0 spiro atoms. The van der Waals surface area contributed by atoms with Crippen LogP contribution in [0, 0.1) is 5.82 Å². The second-order valence-electron chi connectivity index (χ2n) is 2.51. The van der Waals surface area contributed by atoms with Gasteiger partial charge in [-0.15, -0.1) is 0 Å². The van der Waals surface area contributed by atoms with Gasteiger partial charge in [0.25, 0.3) is 9.05 Å². The van der Waals surface area contributed by atoms with E-state index in [0.717, 1.165) is 6.07 Å². The van der Waals surface area contributed by atoms with E-state index < -0.39 is 31.3 Å². The lowest BCUT2D eigenvalue weighted by Gasteiger charge is -2.03. The van der Waals surface area contributed by atoms with Crippen LogP contribution in [0.3, 0.4) is 0 Å². The minimum atomic E-state index is -4.19. The fourth-order valence-corrected chi connectivity index (χ4v) is 2.96. The van der Waals surface area contributed by atoms with Crippen LogP contribution in [0.5, 0.6) is 0 Å². The van der Waals surface area contributed by atoms with Gasteiger partial charge in [0.1, 0.15) is 10.7 Å². The number of halogens is 3. The molecule has 0 aliphatic heterocycles. The van der Waals surface area contributed by atoms with E-state index in [1.807, 2.05) is 0 Å². The van der Waals surface area contributed by atoms with Gasteiger partial charge in [-0.1, -0.05) is 0 Å². The number of aromatic carboxylic acids is 1. The van der Waals surface area contributed by atoms with Gasteiger partial charge < -0.3 is 5.11 Å². The monoisotopic (exact) mass is 316 g/mol. The molecule has 82 valence electrons. The fraction of sp³-hybridized carbons (Fsp3) is 0. The Hall–Kier alpha value is -0.660. The molecule has 0 aliphatic carbocycles. The quantitative estimate of drug-likeness (QED) is 0.849. The smallest absolute Gasteiger partial charge is 0.335 e. The summed E-state index contributed by atoms with van der Waals surface area (Å²) in [6, 6.07) is 1.47. The number of benzene rings is 1. The van der Waals surface area contributed by atoms with Gasteiger partial charge in [-0.25, -0.2) is 17.6 Å². The van der Waals surface area contributed by atoms with E-state index >= 15 is 0 Å². The molecule has 0 bridgehead atoms. The number of hydrogen-bond donors (Lipinski definition) is 1. The van der Waals surface area contributed by atoms with Crippen LogP contribution >= 0.6 is 26.6 Å². The Kier molecular flexibility index (Phi) is 3.37. The molecular weight excluding hydrogens is 314 g/mol. The topological polar surface area (TPSA) is 71.4 Å². The second kappa shape index (κ2) is 4.07. The molecule has 1 aromatic carbocycles. The molecule has 0 fully saturated rings. The molecule has 4 nitrogen and oxygen atoms in total. The molecule has 0 amide bonds. The van der Waals surface area contributed by atoms with E-state index in [1.54, 1.807) is 0 Å². The number of rotatable bonds is 2. The van der Waals surface area contributed by atoms with E-state index in [2.05, 4.69) is 15.9 Å². The molecule has 0 heterocycles. The van der Waals surface area contributed by atoms with E-state index in [1.165, 1.54) is 0 Å². The van der Waals surface area contributed by atoms with Gasteiger partial charge in [0.2, 0.25) is 0 Å². The van der Waals surface area contributed by atoms with Crippen molar-refractivity contribution in [2.24, 2.45) is 0 Å². The molecule has 1 rings (SSSR count). The van der Waals surface area contributed by atoms with Gasteiger partial charge in [-0.2, -0.15) is 0 Å². The number of carboxylic acid groups (broad SMARTS) is 1. The Morgan fingerprint density at radius 1 is 1.47 bits per heavy atom. The highest BCUT2D eigenvalue weighted by molar-refractivity contribution is 9.10. The summed E-state index contributed by atoms with van der Waals surface area (Å²) in [5.74, 6) is -2.45. The highest BCUT2D eigenvalue weighted by Crippen LogP contribution is 2.29. The maximum absolute atomic E-state index is 13.1. The van der Waals surface area contributed by atoms with Crippen molar-refractivity contribution in [3.8, 4) is 0 Å². The highest BCUT2D eigenvalue weighted by Gasteiger charge is 2.20. The summed E-state index contributed by atoms with van der Waals surface area (Å²) < 4.78 is 34.6. The first kappa shape index (κ1) is 12.4. The van der Waals surface area contributed by atoms with Crippen molar-refractivity contribution in [3.63, 3.8) is 0 Å². The van der Waals surface area contributed by atoms with Crippen LogP contribution in [-0.4, -0.2) is 19.5 Å². The van der Waals surface area contributed by atoms with Crippen molar-refractivity contribution < 1.29 is 22.7 Å². The molecular formula is C7H3BrClFO4S. The Balaban J connectivity index is 3.59. The van der Waals surface area contributed by atoms with Crippen LogP contribution < -0.4 is 0 Å². The second-order valence-corrected chi connectivity index (χ2v) is 5.84. The SMILES string of the molecule is O=C(O)c1cc(F)c(Br)c(S(=O)(=O)Cl)c1. The van der Waals surface area contributed by atoms with Gasteiger partial charge in [-0.05, 0) is 28.1 Å². The molecule has 0 aliphatic rings. The Morgan fingerprint density at radius 2 is 2.00 bits per heavy atom. The lowest BCUT2D eigenvalue weighted by atomic mass is 10.2. The van der Waals surface area contributed by atoms with Crippen LogP contribution in [0.4, 0.5) is 4.39 Å². The fourth-order valence-electron chi connectivity index (χ4n) is 0.865. The highest BCUT2D eigenvalue weighted by atomic mass is 79.9. The summed E-state index contributed by atoms with van der Waals surface area (Å²) in [5, 5.41) is 8.57. The Labute approximate surface area is 97.2 Å². The van der Waals surface area contributed by atoms with Crippen LogP contribution in [-0.2, 0) is 9.05 Å². The first-order valence-electron chi connectivity index (χ1n) is 3.40. The third-order valence-electron chi connectivity index (χ3n) is 1.50. The van der Waals surface area contributed by atoms with Gasteiger partial charge in [-0.3, -0.25) is 0 Å². The van der Waals surface area contributed by atoms with E-state index in [9.17, 15) is 17.6 Å². The maximum Gasteiger partial charge on any atom is 0.335 e. The van der Waals surface area contributed by atoms with Crippen LogP contribution in [0.25, 0.3) is 0 Å². The number of carboxylic acids is 1. The molecule has 1 N–H and O–H groups in total. The van der Waals surface area contributed by atoms with Crippen molar-refractivity contribution in [3.05, 3.63) is 28.0 Å². The van der Waals surface area contributed by atoms with E-state index in [-0.39, 0.29) is 4.47 Å².